The average molecular weight is 298 g/mol. The van der Waals surface area contributed by atoms with Gasteiger partial charge >= 0.3 is 0 Å². The number of aliphatic imine (C=N–C) groups is 1. The van der Waals surface area contributed by atoms with Crippen LogP contribution in [-0.2, 0) is 4.74 Å². The number of fused-ring (bicyclic) bond motifs is 1. The van der Waals surface area contributed by atoms with Crippen molar-refractivity contribution in [3.63, 3.8) is 0 Å². The second kappa shape index (κ2) is 5.49. The topological polar surface area (TPSA) is 85.5 Å². The summed E-state index contributed by atoms with van der Waals surface area (Å²) in [7, 11) is 3.49. The highest BCUT2D eigenvalue weighted by Gasteiger charge is 2.51. The summed E-state index contributed by atoms with van der Waals surface area (Å²) in [5.74, 6) is 0. The van der Waals surface area contributed by atoms with Crippen LogP contribution >= 0.6 is 11.8 Å². The van der Waals surface area contributed by atoms with Crippen molar-refractivity contribution in [3.8, 4) is 0 Å². The van der Waals surface area contributed by atoms with Crippen LogP contribution in [0.5, 0.6) is 0 Å². The first kappa shape index (κ1) is 14.9. The van der Waals surface area contributed by atoms with Crippen molar-refractivity contribution in [2.45, 2.75) is 42.3 Å². The number of amidine groups is 1. The summed E-state index contributed by atoms with van der Waals surface area (Å²) >= 11 is 1.17. The molecule has 0 aliphatic carbocycles. The minimum absolute atomic E-state index is 0.577. The van der Waals surface area contributed by atoms with Gasteiger partial charge in [-0.25, -0.2) is 8.78 Å². The van der Waals surface area contributed by atoms with E-state index in [9.17, 15) is 24.1 Å². The Bertz CT molecular complexity index is 371. The molecule has 2 aliphatic heterocycles. The summed E-state index contributed by atoms with van der Waals surface area (Å²) in [5, 5.41) is 29.6. The van der Waals surface area contributed by atoms with Crippen molar-refractivity contribution >= 4 is 16.9 Å². The third-order valence-corrected chi connectivity index (χ3v) is 4.37. The molecule has 0 aromatic rings. The third-order valence-electron chi connectivity index (χ3n) is 3.06. The van der Waals surface area contributed by atoms with Gasteiger partial charge in [0.2, 0.25) is 0 Å². The SMILES string of the molecule is CN(C)C1=NC2C(OC(C(O)C(F)F)C(O)C2O)S1. The van der Waals surface area contributed by atoms with Gasteiger partial charge < -0.3 is 25.0 Å². The highest BCUT2D eigenvalue weighted by atomic mass is 32.2. The average Bonchev–Trinajstić information content (AvgIpc) is 2.77. The Kier molecular flexibility index (Phi) is 4.31. The molecule has 0 bridgehead atoms. The van der Waals surface area contributed by atoms with Gasteiger partial charge in [0.25, 0.3) is 6.43 Å². The van der Waals surface area contributed by atoms with Crippen LogP contribution in [0.2, 0.25) is 0 Å². The van der Waals surface area contributed by atoms with E-state index in [-0.39, 0.29) is 0 Å². The van der Waals surface area contributed by atoms with Crippen LogP contribution in [0.3, 0.4) is 0 Å². The van der Waals surface area contributed by atoms with Crippen LogP contribution in [0.4, 0.5) is 8.78 Å². The summed E-state index contributed by atoms with van der Waals surface area (Å²) < 4.78 is 30.3. The van der Waals surface area contributed by atoms with Gasteiger partial charge in [-0.1, -0.05) is 11.8 Å². The van der Waals surface area contributed by atoms with Crippen LogP contribution in [0.25, 0.3) is 0 Å². The maximum Gasteiger partial charge on any atom is 0.266 e. The third kappa shape index (κ3) is 2.70. The molecule has 6 unspecified atom stereocenters. The van der Waals surface area contributed by atoms with Crippen LogP contribution in [-0.4, -0.2) is 81.8 Å². The van der Waals surface area contributed by atoms with Crippen LogP contribution in [0.15, 0.2) is 4.99 Å². The monoisotopic (exact) mass is 298 g/mol. The van der Waals surface area contributed by atoms with Gasteiger partial charge in [0.1, 0.15) is 35.9 Å². The summed E-state index contributed by atoms with van der Waals surface area (Å²) in [6.45, 7) is 0. The van der Waals surface area contributed by atoms with Gasteiger partial charge in [0.15, 0.2) is 5.17 Å². The number of aliphatic hydroxyl groups excluding tert-OH is 3. The van der Waals surface area contributed by atoms with Crippen molar-refractivity contribution in [2.75, 3.05) is 14.1 Å². The largest absolute Gasteiger partial charge is 0.388 e. The summed E-state index contributed by atoms with van der Waals surface area (Å²) in [4.78, 5) is 5.88. The van der Waals surface area contributed by atoms with Crippen LogP contribution < -0.4 is 0 Å². The fourth-order valence-corrected chi connectivity index (χ4v) is 3.16. The molecule has 0 radical (unpaired) electrons. The Balaban J connectivity index is 2.14. The van der Waals surface area contributed by atoms with Gasteiger partial charge in [0.05, 0.1) is 0 Å². The highest BCUT2D eigenvalue weighted by molar-refractivity contribution is 8.14. The Morgan fingerprint density at radius 1 is 1.32 bits per heavy atom. The van der Waals surface area contributed by atoms with E-state index in [1.807, 2.05) is 0 Å². The molecular formula is C10H16F2N2O4S. The van der Waals surface area contributed by atoms with Crippen molar-refractivity contribution in [1.29, 1.82) is 0 Å². The number of halogens is 2. The van der Waals surface area contributed by atoms with Crippen LogP contribution in [0, 0.1) is 0 Å². The Hall–Kier alpha value is -0.480. The maximum absolute atomic E-state index is 12.5. The van der Waals surface area contributed by atoms with Crippen molar-refractivity contribution < 1.29 is 28.8 Å². The summed E-state index contributed by atoms with van der Waals surface area (Å²) in [6.07, 6.45) is -9.67. The van der Waals surface area contributed by atoms with Gasteiger partial charge in [-0.15, -0.1) is 0 Å². The first-order chi connectivity index (χ1) is 8.82. The molecule has 0 aromatic carbocycles. The molecule has 110 valence electrons. The lowest BCUT2D eigenvalue weighted by Gasteiger charge is -2.39. The number of thioether (sulfide) groups is 1. The lowest BCUT2D eigenvalue weighted by Crippen LogP contribution is -2.59. The van der Waals surface area contributed by atoms with Gasteiger partial charge in [-0.3, -0.25) is 4.99 Å². The second-order valence-corrected chi connectivity index (χ2v) is 5.76. The molecule has 1 saturated heterocycles. The molecule has 0 saturated carbocycles. The molecular weight excluding hydrogens is 282 g/mol. The molecule has 6 atom stereocenters. The number of alkyl halides is 2. The summed E-state index contributed by atoms with van der Waals surface area (Å²) in [5.41, 5.74) is -0.686. The Morgan fingerprint density at radius 2 is 1.95 bits per heavy atom. The zero-order valence-electron chi connectivity index (χ0n) is 10.3. The Morgan fingerprint density at radius 3 is 2.47 bits per heavy atom. The number of nitrogens with zero attached hydrogens (tertiary/aromatic N) is 2. The molecule has 6 nitrogen and oxygen atoms in total. The molecule has 0 aromatic heterocycles. The minimum atomic E-state index is -3.05. The van der Waals surface area contributed by atoms with E-state index >= 15 is 0 Å². The van der Waals surface area contributed by atoms with E-state index in [2.05, 4.69) is 4.99 Å². The Labute approximate surface area is 113 Å². The van der Waals surface area contributed by atoms with E-state index in [4.69, 9.17) is 4.74 Å². The number of hydrogen-bond donors (Lipinski definition) is 3. The van der Waals surface area contributed by atoms with E-state index in [0.29, 0.717) is 5.17 Å². The van der Waals surface area contributed by atoms with E-state index < -0.39 is 42.3 Å². The predicted molar refractivity (Wildman–Crippen MR) is 65.2 cm³/mol. The molecule has 19 heavy (non-hydrogen) atoms. The predicted octanol–water partition coefficient (Wildman–Crippen LogP) is -0.908. The number of hydrogen-bond acceptors (Lipinski definition) is 7. The molecule has 2 rings (SSSR count). The first-order valence-electron chi connectivity index (χ1n) is 5.72. The van der Waals surface area contributed by atoms with E-state index in [1.54, 1.807) is 19.0 Å². The van der Waals surface area contributed by atoms with Gasteiger partial charge in [0, 0.05) is 14.1 Å². The standard InChI is InChI=1S/C10H16F2N2O4S/c1-14(2)10-13-3-4(15)5(16)7(6(17)8(11)12)18-9(3)19-10/h3-9,15-17H,1-2H3. The van der Waals surface area contributed by atoms with Gasteiger partial charge in [-0.2, -0.15) is 0 Å². The minimum Gasteiger partial charge on any atom is -0.388 e. The zero-order valence-corrected chi connectivity index (χ0v) is 11.2. The smallest absolute Gasteiger partial charge is 0.266 e. The normalized spacial score (nSPS) is 40.0. The molecule has 2 aliphatic rings. The van der Waals surface area contributed by atoms with Gasteiger partial charge in [-0.05, 0) is 0 Å². The number of aliphatic hydroxyl groups is 3. The van der Waals surface area contributed by atoms with Crippen LogP contribution in [0.1, 0.15) is 0 Å². The maximum atomic E-state index is 12.5. The van der Waals surface area contributed by atoms with Crippen molar-refractivity contribution in [3.05, 3.63) is 0 Å². The lowest BCUT2D eigenvalue weighted by molar-refractivity contribution is -0.205. The van der Waals surface area contributed by atoms with E-state index in [0.717, 1.165) is 0 Å². The first-order valence-corrected chi connectivity index (χ1v) is 6.60. The highest BCUT2D eigenvalue weighted by Crippen LogP contribution is 2.38. The molecule has 0 spiro atoms. The van der Waals surface area contributed by atoms with E-state index in [1.165, 1.54) is 11.8 Å². The van der Waals surface area contributed by atoms with Crippen molar-refractivity contribution in [2.24, 2.45) is 4.99 Å². The second-order valence-electron chi connectivity index (χ2n) is 4.69. The molecule has 1 fully saturated rings. The molecule has 9 heteroatoms. The molecule has 2 heterocycles. The quantitative estimate of drug-likeness (QED) is 0.612. The summed E-state index contributed by atoms with van der Waals surface area (Å²) in [6, 6.07) is -0.724. The number of rotatable bonds is 2. The fraction of sp³-hybridized carbons (Fsp3) is 0.900. The van der Waals surface area contributed by atoms with Crippen molar-refractivity contribution in [1.82, 2.24) is 4.90 Å². The molecule has 0 amide bonds. The lowest BCUT2D eigenvalue weighted by atomic mass is 9.95. The number of ether oxygens (including phenoxy) is 1. The zero-order chi connectivity index (χ0) is 14.3. The fourth-order valence-electron chi connectivity index (χ4n) is 2.02. The molecule has 3 N–H and O–H groups in total.